The van der Waals surface area contributed by atoms with E-state index in [1.54, 1.807) is 0 Å². The first kappa shape index (κ1) is 20.8. The lowest BCUT2D eigenvalue weighted by Gasteiger charge is -2.35. The van der Waals surface area contributed by atoms with E-state index in [1.807, 2.05) is 32.9 Å². The molecule has 0 aromatic heterocycles. The second kappa shape index (κ2) is 10.6. The molecule has 1 aliphatic rings. The molecule has 146 valence electrons. The van der Waals surface area contributed by atoms with Gasteiger partial charge >= 0.3 is 0 Å². The van der Waals surface area contributed by atoms with Gasteiger partial charge in [-0.2, -0.15) is 0 Å². The summed E-state index contributed by atoms with van der Waals surface area (Å²) in [7, 11) is 0. The number of nitrogens with zero attached hydrogens (tertiary/aromatic N) is 1. The summed E-state index contributed by atoms with van der Waals surface area (Å²) in [5.41, 5.74) is 2.21. The van der Waals surface area contributed by atoms with Gasteiger partial charge in [-0.25, -0.2) is 0 Å². The maximum atomic E-state index is 12.5. The Labute approximate surface area is 159 Å². The summed E-state index contributed by atoms with van der Waals surface area (Å²) in [5, 5.41) is 3.07. The van der Waals surface area contributed by atoms with E-state index in [9.17, 15) is 4.79 Å². The standard InChI is InChI=1S/C22H36N2O2/c1-5-19-10-7-8-14-24(19)15-9-13-23-22(25)20(6-2)26-21-16-17(3)11-12-18(21)4/h11-12,16,19-20H,5-10,13-15H2,1-4H3,(H,23,25). The van der Waals surface area contributed by atoms with E-state index < -0.39 is 6.10 Å². The van der Waals surface area contributed by atoms with Gasteiger partial charge in [-0.15, -0.1) is 0 Å². The lowest BCUT2D eigenvalue weighted by atomic mass is 10.00. The van der Waals surface area contributed by atoms with E-state index in [0.717, 1.165) is 42.4 Å². The van der Waals surface area contributed by atoms with Crippen LogP contribution in [0.2, 0.25) is 0 Å². The maximum absolute atomic E-state index is 12.5. The number of hydrogen-bond donors (Lipinski definition) is 1. The van der Waals surface area contributed by atoms with Crippen molar-refractivity contribution in [1.82, 2.24) is 10.2 Å². The Hall–Kier alpha value is -1.55. The zero-order chi connectivity index (χ0) is 18.9. The molecule has 2 atom stereocenters. The largest absolute Gasteiger partial charge is 0.480 e. The molecule has 1 amide bonds. The highest BCUT2D eigenvalue weighted by Crippen LogP contribution is 2.21. The zero-order valence-corrected chi connectivity index (χ0v) is 17.0. The molecular formula is C22H36N2O2. The second-order valence-electron chi connectivity index (χ2n) is 7.52. The van der Waals surface area contributed by atoms with E-state index in [0.29, 0.717) is 6.42 Å². The minimum absolute atomic E-state index is 0.000841. The highest BCUT2D eigenvalue weighted by Gasteiger charge is 2.21. The van der Waals surface area contributed by atoms with Crippen LogP contribution in [0.5, 0.6) is 5.75 Å². The molecule has 0 saturated carbocycles. The Morgan fingerprint density at radius 2 is 2.12 bits per heavy atom. The summed E-state index contributed by atoms with van der Waals surface area (Å²) >= 11 is 0. The van der Waals surface area contributed by atoms with Gasteiger partial charge in [0.15, 0.2) is 6.10 Å². The van der Waals surface area contributed by atoms with Crippen molar-refractivity contribution in [2.75, 3.05) is 19.6 Å². The van der Waals surface area contributed by atoms with Crippen molar-refractivity contribution in [3.8, 4) is 5.75 Å². The van der Waals surface area contributed by atoms with E-state index in [4.69, 9.17) is 4.74 Å². The number of likely N-dealkylation sites (tertiary alicyclic amines) is 1. The molecule has 0 aliphatic carbocycles. The smallest absolute Gasteiger partial charge is 0.261 e. The van der Waals surface area contributed by atoms with Crippen molar-refractivity contribution in [3.63, 3.8) is 0 Å². The monoisotopic (exact) mass is 360 g/mol. The Bertz CT molecular complexity index is 573. The van der Waals surface area contributed by atoms with Gasteiger partial charge in [-0.05, 0) is 69.7 Å². The van der Waals surface area contributed by atoms with Gasteiger partial charge in [0.25, 0.3) is 5.91 Å². The van der Waals surface area contributed by atoms with E-state index in [1.165, 1.54) is 32.2 Å². The third kappa shape index (κ3) is 6.01. The Morgan fingerprint density at radius 3 is 2.85 bits per heavy atom. The van der Waals surface area contributed by atoms with Gasteiger partial charge in [-0.3, -0.25) is 4.79 Å². The van der Waals surface area contributed by atoms with Crippen LogP contribution in [-0.2, 0) is 4.79 Å². The fourth-order valence-corrected chi connectivity index (χ4v) is 3.73. The van der Waals surface area contributed by atoms with Crippen LogP contribution < -0.4 is 10.1 Å². The molecule has 1 aromatic carbocycles. The molecule has 2 unspecified atom stereocenters. The van der Waals surface area contributed by atoms with E-state index in [2.05, 4.69) is 23.2 Å². The first-order valence-electron chi connectivity index (χ1n) is 10.3. The average Bonchev–Trinajstić information content (AvgIpc) is 2.65. The summed E-state index contributed by atoms with van der Waals surface area (Å²) < 4.78 is 6.00. The number of rotatable bonds is 9. The predicted molar refractivity (Wildman–Crippen MR) is 108 cm³/mol. The molecule has 1 aliphatic heterocycles. The number of nitrogens with one attached hydrogen (secondary N) is 1. The number of ether oxygens (including phenoxy) is 1. The van der Waals surface area contributed by atoms with Gasteiger partial charge in [0.2, 0.25) is 0 Å². The molecule has 26 heavy (non-hydrogen) atoms. The number of hydrogen-bond acceptors (Lipinski definition) is 3. The van der Waals surface area contributed by atoms with Gasteiger partial charge in [0.05, 0.1) is 0 Å². The van der Waals surface area contributed by atoms with Gasteiger partial charge in [-0.1, -0.05) is 32.4 Å². The molecule has 0 bridgehead atoms. The summed E-state index contributed by atoms with van der Waals surface area (Å²) in [5.74, 6) is 0.810. The number of benzene rings is 1. The van der Waals surface area contributed by atoms with Crippen LogP contribution in [-0.4, -0.2) is 42.6 Å². The fourth-order valence-electron chi connectivity index (χ4n) is 3.73. The third-order valence-corrected chi connectivity index (χ3v) is 5.42. The van der Waals surface area contributed by atoms with Crippen molar-refractivity contribution in [1.29, 1.82) is 0 Å². The SMILES string of the molecule is CCC(Oc1cc(C)ccc1C)C(=O)NCCCN1CCCCC1CC. The number of carbonyl (C=O) groups excluding carboxylic acids is 1. The minimum atomic E-state index is -0.422. The summed E-state index contributed by atoms with van der Waals surface area (Å²) in [6.45, 7) is 11.3. The molecule has 1 heterocycles. The summed E-state index contributed by atoms with van der Waals surface area (Å²) in [4.78, 5) is 15.1. The summed E-state index contributed by atoms with van der Waals surface area (Å²) in [6, 6.07) is 6.84. The van der Waals surface area contributed by atoms with Crippen LogP contribution in [0, 0.1) is 13.8 Å². The highest BCUT2D eigenvalue weighted by molar-refractivity contribution is 5.81. The molecule has 2 rings (SSSR count). The molecule has 0 spiro atoms. The third-order valence-electron chi connectivity index (χ3n) is 5.42. The average molecular weight is 361 g/mol. The second-order valence-corrected chi connectivity index (χ2v) is 7.52. The van der Waals surface area contributed by atoms with E-state index >= 15 is 0 Å². The molecule has 0 radical (unpaired) electrons. The first-order chi connectivity index (χ1) is 12.5. The Balaban J connectivity index is 1.77. The van der Waals surface area contributed by atoms with Gasteiger partial charge in [0, 0.05) is 19.1 Å². The highest BCUT2D eigenvalue weighted by atomic mass is 16.5. The molecule has 1 saturated heterocycles. The Kier molecular flexibility index (Phi) is 8.43. The lowest BCUT2D eigenvalue weighted by molar-refractivity contribution is -0.128. The molecule has 1 aromatic rings. The van der Waals surface area contributed by atoms with Gasteiger partial charge in [0.1, 0.15) is 5.75 Å². The van der Waals surface area contributed by atoms with Crippen LogP contribution in [0.3, 0.4) is 0 Å². The molecular weight excluding hydrogens is 324 g/mol. The Morgan fingerprint density at radius 1 is 1.31 bits per heavy atom. The minimum Gasteiger partial charge on any atom is -0.480 e. The van der Waals surface area contributed by atoms with Crippen molar-refractivity contribution < 1.29 is 9.53 Å². The zero-order valence-electron chi connectivity index (χ0n) is 17.0. The number of amides is 1. The predicted octanol–water partition coefficient (Wildman–Crippen LogP) is 4.23. The van der Waals surface area contributed by atoms with Crippen molar-refractivity contribution in [3.05, 3.63) is 29.3 Å². The number of aryl methyl sites for hydroxylation is 2. The first-order valence-corrected chi connectivity index (χ1v) is 10.3. The van der Waals surface area contributed by atoms with Crippen LogP contribution in [0.1, 0.15) is 63.5 Å². The van der Waals surface area contributed by atoms with Crippen molar-refractivity contribution in [2.45, 2.75) is 78.4 Å². The molecule has 1 fully saturated rings. The van der Waals surface area contributed by atoms with Crippen LogP contribution >= 0.6 is 0 Å². The van der Waals surface area contributed by atoms with Gasteiger partial charge < -0.3 is 15.0 Å². The number of piperidine rings is 1. The van der Waals surface area contributed by atoms with Crippen LogP contribution in [0.15, 0.2) is 18.2 Å². The number of carbonyl (C=O) groups is 1. The quantitative estimate of drug-likeness (QED) is 0.670. The normalized spacial score (nSPS) is 19.2. The topological polar surface area (TPSA) is 41.6 Å². The maximum Gasteiger partial charge on any atom is 0.261 e. The van der Waals surface area contributed by atoms with Crippen molar-refractivity contribution >= 4 is 5.91 Å². The van der Waals surface area contributed by atoms with Crippen LogP contribution in [0.4, 0.5) is 0 Å². The molecule has 4 heteroatoms. The fraction of sp³-hybridized carbons (Fsp3) is 0.682. The van der Waals surface area contributed by atoms with Crippen LogP contribution in [0.25, 0.3) is 0 Å². The van der Waals surface area contributed by atoms with E-state index in [-0.39, 0.29) is 5.91 Å². The lowest BCUT2D eigenvalue weighted by Crippen LogP contribution is -2.42. The molecule has 4 nitrogen and oxygen atoms in total. The molecule has 1 N–H and O–H groups in total. The summed E-state index contributed by atoms with van der Waals surface area (Å²) in [6.07, 6.45) is 6.47. The van der Waals surface area contributed by atoms with Crippen molar-refractivity contribution in [2.24, 2.45) is 0 Å².